The number of halogens is 3. The molecule has 35 heavy (non-hydrogen) atoms. The van der Waals surface area contributed by atoms with Gasteiger partial charge >= 0.3 is 6.18 Å². The minimum atomic E-state index is -4.55. The third-order valence-corrected chi connectivity index (χ3v) is 7.40. The molecule has 2 fully saturated rings. The van der Waals surface area contributed by atoms with Gasteiger partial charge in [-0.1, -0.05) is 13.0 Å². The van der Waals surface area contributed by atoms with Gasteiger partial charge in [-0.25, -0.2) is 0 Å². The molecule has 0 spiro atoms. The summed E-state index contributed by atoms with van der Waals surface area (Å²) in [5.41, 5.74) is 0.896. The smallest absolute Gasteiger partial charge is 0.397 e. The fraction of sp³-hybridized carbons (Fsp3) is 0.741. The maximum Gasteiger partial charge on any atom is 0.397 e. The summed E-state index contributed by atoms with van der Waals surface area (Å²) in [7, 11) is 1.63. The molecule has 5 nitrogen and oxygen atoms in total. The highest BCUT2D eigenvalue weighted by atomic mass is 19.4. The van der Waals surface area contributed by atoms with Crippen LogP contribution in [0.1, 0.15) is 70.9 Å². The Hall–Kier alpha value is -1.80. The predicted octanol–water partition coefficient (Wildman–Crippen LogP) is 5.25. The van der Waals surface area contributed by atoms with E-state index < -0.39 is 29.5 Å². The van der Waals surface area contributed by atoms with E-state index in [4.69, 9.17) is 9.47 Å². The van der Waals surface area contributed by atoms with Crippen LogP contribution in [0.3, 0.4) is 0 Å². The summed E-state index contributed by atoms with van der Waals surface area (Å²) in [6, 6.07) is 6.45. The van der Waals surface area contributed by atoms with E-state index in [1.807, 2.05) is 12.1 Å². The summed E-state index contributed by atoms with van der Waals surface area (Å²) in [5, 5.41) is 2.67. The molecule has 1 N–H and O–H groups in total. The molecular weight excluding hydrogens is 457 g/mol. The third-order valence-electron chi connectivity index (χ3n) is 7.40. The van der Waals surface area contributed by atoms with Crippen molar-refractivity contribution in [2.75, 3.05) is 33.4 Å². The summed E-state index contributed by atoms with van der Waals surface area (Å²) in [5.74, 6) is 0.479. The fourth-order valence-corrected chi connectivity index (χ4v) is 5.47. The van der Waals surface area contributed by atoms with Crippen LogP contribution >= 0.6 is 0 Å². The molecule has 1 amide bonds. The Morgan fingerprint density at radius 1 is 1.29 bits per heavy atom. The maximum absolute atomic E-state index is 12.9. The maximum atomic E-state index is 12.9. The summed E-state index contributed by atoms with van der Waals surface area (Å²) in [6.07, 6.45) is -1.39. The van der Waals surface area contributed by atoms with Crippen LogP contribution in [0, 0.1) is 5.92 Å². The van der Waals surface area contributed by atoms with Gasteiger partial charge in [-0.15, -0.1) is 0 Å². The van der Waals surface area contributed by atoms with Gasteiger partial charge in [0.25, 0.3) is 0 Å². The van der Waals surface area contributed by atoms with Crippen LogP contribution in [0.25, 0.3) is 0 Å². The van der Waals surface area contributed by atoms with Crippen LogP contribution in [0.5, 0.6) is 5.75 Å². The Bertz CT molecular complexity index is 872. The molecular formula is C27H41F3N2O3. The molecule has 198 valence electrons. The first-order valence-electron chi connectivity index (χ1n) is 12.8. The third kappa shape index (κ3) is 7.59. The Kier molecular flexibility index (Phi) is 8.79. The number of rotatable bonds is 11. The molecule has 8 heteroatoms. The summed E-state index contributed by atoms with van der Waals surface area (Å²) >= 11 is 0. The van der Waals surface area contributed by atoms with E-state index in [-0.39, 0.29) is 6.61 Å². The van der Waals surface area contributed by atoms with E-state index in [0.29, 0.717) is 19.1 Å². The van der Waals surface area contributed by atoms with Crippen LogP contribution in [0.15, 0.2) is 18.2 Å². The Labute approximate surface area is 207 Å². The van der Waals surface area contributed by atoms with Gasteiger partial charge in [0, 0.05) is 18.0 Å². The van der Waals surface area contributed by atoms with Gasteiger partial charge in [-0.2, -0.15) is 13.2 Å². The molecule has 2 unspecified atom stereocenters. The fourth-order valence-electron chi connectivity index (χ4n) is 5.47. The summed E-state index contributed by atoms with van der Waals surface area (Å²) < 4.78 is 50.2. The molecule has 2 aliphatic rings. The normalized spacial score (nSPS) is 25.2. The van der Waals surface area contributed by atoms with Gasteiger partial charge in [0.15, 0.2) is 0 Å². The summed E-state index contributed by atoms with van der Waals surface area (Å²) in [6.45, 7) is 10.9. The van der Waals surface area contributed by atoms with Crippen molar-refractivity contribution in [2.45, 2.75) is 89.4 Å². The predicted molar refractivity (Wildman–Crippen MR) is 131 cm³/mol. The zero-order valence-corrected chi connectivity index (χ0v) is 21.8. The largest absolute Gasteiger partial charge is 0.497 e. The quantitative estimate of drug-likeness (QED) is 0.453. The van der Waals surface area contributed by atoms with Crippen molar-refractivity contribution in [1.82, 2.24) is 10.2 Å². The lowest BCUT2D eigenvalue weighted by atomic mass is 9.67. The van der Waals surface area contributed by atoms with E-state index in [1.54, 1.807) is 14.0 Å². The van der Waals surface area contributed by atoms with Crippen LogP contribution < -0.4 is 10.1 Å². The molecule has 3 rings (SSSR count). The molecule has 0 aromatic heterocycles. The number of hydrogen-bond acceptors (Lipinski definition) is 4. The monoisotopic (exact) mass is 498 g/mol. The number of methoxy groups -OCH3 is 1. The SMILES string of the molecule is CCc1ccc(OC)cc1C1(CCN(CC2CC2)C(C)C)COCC(C)(NC(=O)CC(F)(F)F)C1. The van der Waals surface area contributed by atoms with E-state index in [2.05, 4.69) is 37.1 Å². The van der Waals surface area contributed by atoms with Gasteiger partial charge in [0.2, 0.25) is 5.91 Å². The zero-order valence-electron chi connectivity index (χ0n) is 21.8. The van der Waals surface area contributed by atoms with E-state index in [1.165, 1.54) is 18.4 Å². The lowest BCUT2D eigenvalue weighted by Crippen LogP contribution is -2.59. The van der Waals surface area contributed by atoms with Crippen molar-refractivity contribution in [3.05, 3.63) is 29.3 Å². The Morgan fingerprint density at radius 2 is 2.00 bits per heavy atom. The second kappa shape index (κ2) is 11.1. The highest BCUT2D eigenvalue weighted by Crippen LogP contribution is 2.44. The minimum absolute atomic E-state index is 0.180. The lowest BCUT2D eigenvalue weighted by Gasteiger charge is -2.48. The van der Waals surface area contributed by atoms with Gasteiger partial charge in [0.05, 0.1) is 25.9 Å². The van der Waals surface area contributed by atoms with E-state index in [9.17, 15) is 18.0 Å². The van der Waals surface area contributed by atoms with Crippen molar-refractivity contribution in [2.24, 2.45) is 5.92 Å². The number of amides is 1. The average molecular weight is 499 g/mol. The second-order valence-electron chi connectivity index (χ2n) is 11.0. The number of ether oxygens (including phenoxy) is 2. The van der Waals surface area contributed by atoms with E-state index in [0.717, 1.165) is 43.2 Å². The lowest BCUT2D eigenvalue weighted by molar-refractivity contribution is -0.156. The number of benzene rings is 1. The van der Waals surface area contributed by atoms with Crippen molar-refractivity contribution in [1.29, 1.82) is 0 Å². The Balaban J connectivity index is 1.93. The number of carbonyl (C=O) groups is 1. The highest BCUT2D eigenvalue weighted by molar-refractivity contribution is 5.77. The molecule has 1 aliphatic heterocycles. The van der Waals surface area contributed by atoms with Crippen molar-refractivity contribution < 1.29 is 27.4 Å². The second-order valence-corrected chi connectivity index (χ2v) is 11.0. The number of hydrogen-bond donors (Lipinski definition) is 1. The van der Waals surface area contributed by atoms with Crippen molar-refractivity contribution in [3.8, 4) is 5.75 Å². The standard InChI is InChI=1S/C27H41F3N2O3/c1-6-21-9-10-22(34-5)13-23(21)26(11-12-32(19(2)3)15-20-7-8-20)16-25(4,17-35-18-26)31-24(33)14-27(28,29)30/h9-10,13,19-20H,6-8,11-12,14-18H2,1-5H3,(H,31,33). The van der Waals surface area contributed by atoms with Gasteiger partial charge in [-0.3, -0.25) is 4.79 Å². The van der Waals surface area contributed by atoms with Crippen LogP contribution in [0.4, 0.5) is 13.2 Å². The molecule has 0 bridgehead atoms. The van der Waals surface area contributed by atoms with Crippen molar-refractivity contribution in [3.63, 3.8) is 0 Å². The van der Waals surface area contributed by atoms with Gasteiger partial charge < -0.3 is 19.7 Å². The van der Waals surface area contributed by atoms with Crippen LogP contribution in [-0.4, -0.2) is 62.0 Å². The number of carbonyl (C=O) groups excluding carboxylic acids is 1. The molecule has 1 saturated carbocycles. The molecule has 1 aromatic carbocycles. The van der Waals surface area contributed by atoms with Crippen LogP contribution in [-0.2, 0) is 21.4 Å². The molecule has 1 aromatic rings. The van der Waals surface area contributed by atoms with Gasteiger partial charge in [0.1, 0.15) is 12.2 Å². The summed E-state index contributed by atoms with van der Waals surface area (Å²) in [4.78, 5) is 14.8. The molecule has 0 radical (unpaired) electrons. The number of aryl methyl sites for hydroxylation is 1. The van der Waals surface area contributed by atoms with Gasteiger partial charge in [-0.05, 0) is 88.6 Å². The number of nitrogens with one attached hydrogen (secondary N) is 1. The molecule has 1 saturated heterocycles. The first kappa shape index (κ1) is 27.8. The zero-order chi connectivity index (χ0) is 25.9. The Morgan fingerprint density at radius 3 is 2.57 bits per heavy atom. The van der Waals surface area contributed by atoms with E-state index >= 15 is 0 Å². The molecule has 1 heterocycles. The number of nitrogens with zero attached hydrogens (tertiary/aromatic N) is 1. The number of alkyl halides is 3. The minimum Gasteiger partial charge on any atom is -0.497 e. The first-order valence-corrected chi connectivity index (χ1v) is 12.8. The average Bonchev–Trinajstić information content (AvgIpc) is 3.58. The van der Waals surface area contributed by atoms with Crippen LogP contribution in [0.2, 0.25) is 0 Å². The van der Waals surface area contributed by atoms with Crippen molar-refractivity contribution >= 4 is 5.91 Å². The first-order chi connectivity index (χ1) is 16.4. The topological polar surface area (TPSA) is 50.8 Å². The highest BCUT2D eigenvalue weighted by Gasteiger charge is 2.47. The molecule has 2 atom stereocenters. The molecule has 1 aliphatic carbocycles.